The lowest BCUT2D eigenvalue weighted by Crippen LogP contribution is -2.45. The number of hydrogen-bond acceptors (Lipinski definition) is 3. The summed E-state index contributed by atoms with van der Waals surface area (Å²) in [6.45, 7) is 2.30. The topological polar surface area (TPSA) is 75.6 Å². The Balaban J connectivity index is 2.55. The van der Waals surface area contributed by atoms with Gasteiger partial charge in [-0.25, -0.2) is 4.79 Å². The molecule has 2 N–H and O–H groups in total. The van der Waals surface area contributed by atoms with Crippen LogP contribution in [0.5, 0.6) is 0 Å². The van der Waals surface area contributed by atoms with E-state index in [1.165, 1.54) is 6.92 Å². The Kier molecular flexibility index (Phi) is 3.25. The predicted molar refractivity (Wildman–Crippen MR) is 44.2 cm³/mol. The molecule has 1 heterocycles. The van der Waals surface area contributed by atoms with Crippen molar-refractivity contribution in [1.29, 1.82) is 0 Å². The highest BCUT2D eigenvalue weighted by molar-refractivity contribution is 5.82. The van der Waals surface area contributed by atoms with Crippen molar-refractivity contribution in [3.63, 3.8) is 0 Å². The number of carbonyl (C=O) groups is 2. The van der Waals surface area contributed by atoms with E-state index >= 15 is 0 Å². The Morgan fingerprint density at radius 3 is 2.69 bits per heavy atom. The molecule has 0 aromatic heterocycles. The summed E-state index contributed by atoms with van der Waals surface area (Å²) < 4.78 is 5.06. The maximum Gasteiger partial charge on any atom is 0.326 e. The summed E-state index contributed by atoms with van der Waals surface area (Å²) in [7, 11) is 0. The Morgan fingerprint density at radius 2 is 2.31 bits per heavy atom. The van der Waals surface area contributed by atoms with Crippen molar-refractivity contribution in [3.8, 4) is 0 Å². The first-order chi connectivity index (χ1) is 6.11. The van der Waals surface area contributed by atoms with Crippen molar-refractivity contribution in [2.75, 3.05) is 13.2 Å². The van der Waals surface area contributed by atoms with Crippen LogP contribution >= 0.6 is 0 Å². The molecule has 5 heteroatoms. The van der Waals surface area contributed by atoms with Crippen LogP contribution in [0, 0.1) is 5.92 Å². The lowest BCUT2D eigenvalue weighted by molar-refractivity contribution is -0.143. The number of hydrogen-bond donors (Lipinski definition) is 2. The molecule has 1 aliphatic rings. The molecular weight excluding hydrogens is 174 g/mol. The summed E-state index contributed by atoms with van der Waals surface area (Å²) in [5.41, 5.74) is 0. The molecule has 1 amide bonds. The minimum absolute atomic E-state index is 0.0959. The number of ether oxygens (including phenoxy) is 1. The molecule has 0 bridgehead atoms. The number of amides is 1. The summed E-state index contributed by atoms with van der Waals surface area (Å²) in [6.07, 6.45) is 0.692. The highest BCUT2D eigenvalue weighted by atomic mass is 16.5. The van der Waals surface area contributed by atoms with Gasteiger partial charge in [0, 0.05) is 19.4 Å². The van der Waals surface area contributed by atoms with Crippen molar-refractivity contribution in [2.24, 2.45) is 5.92 Å². The van der Waals surface area contributed by atoms with Gasteiger partial charge in [-0.2, -0.15) is 0 Å². The van der Waals surface area contributed by atoms with Crippen molar-refractivity contribution in [2.45, 2.75) is 19.4 Å². The van der Waals surface area contributed by atoms with Gasteiger partial charge in [-0.15, -0.1) is 0 Å². The fourth-order valence-corrected chi connectivity index (χ4v) is 1.42. The second-order valence-corrected chi connectivity index (χ2v) is 3.14. The third-order valence-electron chi connectivity index (χ3n) is 2.06. The van der Waals surface area contributed by atoms with E-state index in [9.17, 15) is 9.59 Å². The van der Waals surface area contributed by atoms with Crippen LogP contribution in [0.4, 0.5) is 0 Å². The molecule has 2 atom stereocenters. The quantitative estimate of drug-likeness (QED) is 0.631. The normalized spacial score (nSPS) is 23.9. The molecule has 0 saturated carbocycles. The Labute approximate surface area is 76.1 Å². The molecule has 0 aromatic carbocycles. The lowest BCUT2D eigenvalue weighted by Gasteiger charge is -2.18. The summed E-state index contributed by atoms with van der Waals surface area (Å²) in [5, 5.41) is 11.2. The zero-order valence-corrected chi connectivity index (χ0v) is 7.45. The third kappa shape index (κ3) is 2.69. The minimum atomic E-state index is -0.995. The molecule has 5 nitrogen and oxygen atoms in total. The van der Waals surface area contributed by atoms with Crippen LogP contribution in [0.3, 0.4) is 0 Å². The van der Waals surface area contributed by atoms with E-state index in [1.54, 1.807) is 0 Å². The summed E-state index contributed by atoms with van der Waals surface area (Å²) in [4.78, 5) is 21.5. The fraction of sp³-hybridized carbons (Fsp3) is 0.750. The van der Waals surface area contributed by atoms with Crippen LogP contribution in [0.2, 0.25) is 0 Å². The van der Waals surface area contributed by atoms with E-state index in [1.807, 2.05) is 0 Å². The SMILES string of the molecule is CC(=O)NC(C(=O)O)C1CCOC1. The van der Waals surface area contributed by atoms with Crippen LogP contribution in [0.25, 0.3) is 0 Å². The van der Waals surface area contributed by atoms with Gasteiger partial charge < -0.3 is 15.2 Å². The molecule has 1 rings (SSSR count). The number of carboxylic acid groups (broad SMARTS) is 1. The molecule has 2 unspecified atom stereocenters. The largest absolute Gasteiger partial charge is 0.480 e. The van der Waals surface area contributed by atoms with E-state index in [0.717, 1.165) is 0 Å². The maximum atomic E-state index is 10.8. The van der Waals surface area contributed by atoms with Gasteiger partial charge in [0.1, 0.15) is 6.04 Å². The molecular formula is C8H13NO4. The highest BCUT2D eigenvalue weighted by Crippen LogP contribution is 2.16. The molecule has 13 heavy (non-hydrogen) atoms. The van der Waals surface area contributed by atoms with Gasteiger partial charge in [0.05, 0.1) is 6.61 Å². The Bertz CT molecular complexity index is 210. The number of carbonyl (C=O) groups excluding carboxylic acids is 1. The fourth-order valence-electron chi connectivity index (χ4n) is 1.42. The first-order valence-corrected chi connectivity index (χ1v) is 4.19. The monoisotopic (exact) mass is 187 g/mol. The van der Waals surface area contributed by atoms with Crippen LogP contribution in [-0.4, -0.2) is 36.2 Å². The third-order valence-corrected chi connectivity index (χ3v) is 2.06. The predicted octanol–water partition coefficient (Wildman–Crippen LogP) is -0.388. The second-order valence-electron chi connectivity index (χ2n) is 3.14. The molecule has 0 aromatic rings. The molecule has 1 aliphatic heterocycles. The standard InChI is InChI=1S/C8H13NO4/c1-5(10)9-7(8(11)12)6-2-3-13-4-6/h6-7H,2-4H2,1H3,(H,9,10)(H,11,12). The molecule has 74 valence electrons. The smallest absolute Gasteiger partial charge is 0.326 e. The van der Waals surface area contributed by atoms with Gasteiger partial charge in [-0.05, 0) is 6.42 Å². The van der Waals surface area contributed by atoms with Crippen LogP contribution < -0.4 is 5.32 Å². The average molecular weight is 187 g/mol. The second kappa shape index (κ2) is 4.23. The zero-order valence-electron chi connectivity index (χ0n) is 7.45. The van der Waals surface area contributed by atoms with Crippen LogP contribution in [0.1, 0.15) is 13.3 Å². The first-order valence-electron chi connectivity index (χ1n) is 4.19. The van der Waals surface area contributed by atoms with Crippen LogP contribution in [0.15, 0.2) is 0 Å². The number of nitrogens with one attached hydrogen (secondary N) is 1. The first kappa shape index (κ1) is 9.98. The van der Waals surface area contributed by atoms with Gasteiger partial charge in [0.2, 0.25) is 5.91 Å². The Morgan fingerprint density at radius 1 is 1.62 bits per heavy atom. The zero-order chi connectivity index (χ0) is 9.84. The molecule has 1 fully saturated rings. The van der Waals surface area contributed by atoms with Gasteiger partial charge in [-0.3, -0.25) is 4.79 Å². The summed E-state index contributed by atoms with van der Waals surface area (Å²) in [6, 6.07) is -0.806. The van der Waals surface area contributed by atoms with E-state index < -0.39 is 12.0 Å². The summed E-state index contributed by atoms with van der Waals surface area (Å²) >= 11 is 0. The number of rotatable bonds is 3. The summed E-state index contributed by atoms with van der Waals surface area (Å²) in [5.74, 6) is -1.41. The molecule has 0 radical (unpaired) electrons. The van der Waals surface area contributed by atoms with Crippen molar-refractivity contribution in [1.82, 2.24) is 5.32 Å². The van der Waals surface area contributed by atoms with E-state index in [0.29, 0.717) is 19.6 Å². The van der Waals surface area contributed by atoms with Gasteiger partial charge >= 0.3 is 5.97 Å². The highest BCUT2D eigenvalue weighted by Gasteiger charge is 2.31. The van der Waals surface area contributed by atoms with E-state index in [4.69, 9.17) is 9.84 Å². The van der Waals surface area contributed by atoms with Gasteiger partial charge in [-0.1, -0.05) is 0 Å². The van der Waals surface area contributed by atoms with Crippen LogP contribution in [-0.2, 0) is 14.3 Å². The van der Waals surface area contributed by atoms with Gasteiger partial charge in [0.15, 0.2) is 0 Å². The molecule has 1 saturated heterocycles. The number of carboxylic acids is 1. The van der Waals surface area contributed by atoms with Crippen molar-refractivity contribution >= 4 is 11.9 Å². The maximum absolute atomic E-state index is 10.8. The van der Waals surface area contributed by atoms with E-state index in [2.05, 4.69) is 5.32 Å². The van der Waals surface area contributed by atoms with E-state index in [-0.39, 0.29) is 11.8 Å². The van der Waals surface area contributed by atoms with Gasteiger partial charge in [0.25, 0.3) is 0 Å². The average Bonchev–Trinajstić information content (AvgIpc) is 2.50. The minimum Gasteiger partial charge on any atom is -0.480 e. The number of aliphatic carboxylic acids is 1. The lowest BCUT2D eigenvalue weighted by atomic mass is 9.99. The Hall–Kier alpha value is -1.10. The van der Waals surface area contributed by atoms with Crippen molar-refractivity contribution < 1.29 is 19.4 Å². The van der Waals surface area contributed by atoms with Crippen molar-refractivity contribution in [3.05, 3.63) is 0 Å². The molecule has 0 spiro atoms. The molecule has 0 aliphatic carbocycles.